The number of ether oxygens (including phenoxy) is 1. The van der Waals surface area contributed by atoms with E-state index in [1.54, 1.807) is 5.57 Å². The molecule has 0 aromatic carbocycles. The summed E-state index contributed by atoms with van der Waals surface area (Å²) in [7, 11) is 0. The first-order valence-corrected chi connectivity index (χ1v) is 11.8. The van der Waals surface area contributed by atoms with Crippen LogP contribution in [0.4, 0.5) is 0 Å². The summed E-state index contributed by atoms with van der Waals surface area (Å²) in [5.41, 5.74) is 1.98. The lowest BCUT2D eigenvalue weighted by Crippen LogP contribution is -2.51. The number of aliphatic hydroxyl groups is 1. The number of carbonyl (C=O) groups excluding carboxylic acids is 1. The van der Waals surface area contributed by atoms with Crippen molar-refractivity contribution in [3.05, 3.63) is 11.6 Å². The number of esters is 1. The molecule has 3 nitrogen and oxygen atoms in total. The van der Waals surface area contributed by atoms with E-state index in [1.807, 2.05) is 0 Å². The maximum Gasteiger partial charge on any atom is 0.306 e. The summed E-state index contributed by atoms with van der Waals surface area (Å²) in [5.74, 6) is 2.70. The molecule has 1 N–H and O–H groups in total. The molecule has 0 saturated heterocycles. The van der Waals surface area contributed by atoms with Gasteiger partial charge in [0, 0.05) is 12.8 Å². The van der Waals surface area contributed by atoms with Gasteiger partial charge >= 0.3 is 5.97 Å². The van der Waals surface area contributed by atoms with Gasteiger partial charge in [-0.3, -0.25) is 4.79 Å². The van der Waals surface area contributed by atoms with E-state index in [9.17, 15) is 9.90 Å². The fourth-order valence-electron chi connectivity index (χ4n) is 7.35. The van der Waals surface area contributed by atoms with Crippen molar-refractivity contribution in [2.75, 3.05) is 0 Å². The smallest absolute Gasteiger partial charge is 0.306 e. The first-order chi connectivity index (χ1) is 13.2. The first-order valence-electron chi connectivity index (χ1n) is 11.8. The molecular weight excluding hydrogens is 348 g/mol. The van der Waals surface area contributed by atoms with E-state index in [0.717, 1.165) is 50.4 Å². The molecule has 4 rings (SSSR count). The van der Waals surface area contributed by atoms with Crippen LogP contribution in [-0.4, -0.2) is 23.3 Å². The van der Waals surface area contributed by atoms with Crippen LogP contribution in [0.5, 0.6) is 0 Å². The predicted octanol–water partition coefficient (Wildman–Crippen LogP) is 5.66. The average Bonchev–Trinajstić information content (AvgIpc) is 2.95. The van der Waals surface area contributed by atoms with Gasteiger partial charge in [-0.2, -0.15) is 0 Å². The van der Waals surface area contributed by atoms with Gasteiger partial charge in [-0.1, -0.05) is 39.3 Å². The third kappa shape index (κ3) is 3.36. The van der Waals surface area contributed by atoms with Crippen LogP contribution in [0, 0.1) is 34.5 Å². The van der Waals surface area contributed by atoms with Crippen molar-refractivity contribution in [2.45, 2.75) is 104 Å². The van der Waals surface area contributed by atoms with E-state index < -0.39 is 0 Å². The van der Waals surface area contributed by atoms with E-state index in [0.29, 0.717) is 18.3 Å². The van der Waals surface area contributed by atoms with Gasteiger partial charge in [0.1, 0.15) is 6.10 Å². The Kier molecular flexibility index (Phi) is 5.44. The number of hydrogen-bond donors (Lipinski definition) is 1. The third-order valence-corrected chi connectivity index (χ3v) is 9.23. The molecule has 0 amide bonds. The summed E-state index contributed by atoms with van der Waals surface area (Å²) >= 11 is 0. The van der Waals surface area contributed by atoms with Gasteiger partial charge in [-0.25, -0.2) is 0 Å². The van der Waals surface area contributed by atoms with Gasteiger partial charge < -0.3 is 9.84 Å². The van der Waals surface area contributed by atoms with E-state index in [1.165, 1.54) is 19.3 Å². The normalized spacial score (nSPS) is 45.1. The van der Waals surface area contributed by atoms with Crippen LogP contribution in [0.1, 0.15) is 91.9 Å². The van der Waals surface area contributed by atoms with Crippen LogP contribution >= 0.6 is 0 Å². The molecule has 0 aromatic heterocycles. The number of fused-ring (bicyclic) bond motifs is 5. The van der Waals surface area contributed by atoms with Gasteiger partial charge in [0.05, 0.1) is 6.10 Å². The monoisotopic (exact) mass is 388 g/mol. The largest absolute Gasteiger partial charge is 0.462 e. The number of rotatable bonds is 4. The number of aliphatic hydroxyl groups excluding tert-OH is 1. The Balaban J connectivity index is 1.44. The summed E-state index contributed by atoms with van der Waals surface area (Å²) in [4.78, 5) is 12.2. The highest BCUT2D eigenvalue weighted by Crippen LogP contribution is 2.64. The SMILES string of the molecule is CC(C)CCC(=O)O[C@H]1CC[C@@]2(C)C(=CC[C@H]3[C@@H]4CC[C@@H](O)[C@@]4(C)CC[C@@H]32)C1. The van der Waals surface area contributed by atoms with Gasteiger partial charge in [0.15, 0.2) is 0 Å². The van der Waals surface area contributed by atoms with Crippen LogP contribution in [0.25, 0.3) is 0 Å². The maximum atomic E-state index is 12.2. The Hall–Kier alpha value is -0.830. The van der Waals surface area contributed by atoms with Crippen LogP contribution in [0.3, 0.4) is 0 Å². The minimum absolute atomic E-state index is 0.00929. The lowest BCUT2D eigenvalue weighted by Gasteiger charge is -2.57. The molecule has 0 aromatic rings. The summed E-state index contributed by atoms with van der Waals surface area (Å²) in [5, 5.41) is 10.6. The Morgan fingerprint density at radius 2 is 1.96 bits per heavy atom. The topological polar surface area (TPSA) is 46.5 Å². The summed E-state index contributed by atoms with van der Waals surface area (Å²) in [6.45, 7) is 9.14. The molecule has 0 aliphatic heterocycles. The minimum atomic E-state index is -0.0994. The second-order valence-corrected chi connectivity index (χ2v) is 11.2. The van der Waals surface area contributed by atoms with Crippen molar-refractivity contribution >= 4 is 5.97 Å². The van der Waals surface area contributed by atoms with E-state index in [4.69, 9.17) is 4.74 Å². The Morgan fingerprint density at radius 1 is 1.18 bits per heavy atom. The van der Waals surface area contributed by atoms with Crippen LogP contribution in [0.2, 0.25) is 0 Å². The van der Waals surface area contributed by atoms with Crippen LogP contribution in [0.15, 0.2) is 11.6 Å². The quantitative estimate of drug-likeness (QED) is 0.499. The molecule has 0 unspecified atom stereocenters. The Bertz CT molecular complexity index is 638. The number of carbonyl (C=O) groups is 1. The molecule has 3 saturated carbocycles. The molecular formula is C25H40O3. The zero-order valence-electron chi connectivity index (χ0n) is 18.4. The summed E-state index contributed by atoms with van der Waals surface area (Å²) in [6, 6.07) is 0. The lowest BCUT2D eigenvalue weighted by atomic mass is 9.48. The molecule has 4 aliphatic rings. The molecule has 7 atom stereocenters. The Morgan fingerprint density at radius 3 is 2.71 bits per heavy atom. The number of allylic oxidation sites excluding steroid dienone is 1. The Labute approximate surface area is 171 Å². The highest BCUT2D eigenvalue weighted by molar-refractivity contribution is 5.69. The van der Waals surface area contributed by atoms with Crippen molar-refractivity contribution in [3.63, 3.8) is 0 Å². The molecule has 0 heterocycles. The molecule has 28 heavy (non-hydrogen) atoms. The minimum Gasteiger partial charge on any atom is -0.462 e. The molecule has 0 bridgehead atoms. The molecule has 3 heteroatoms. The van der Waals surface area contributed by atoms with Crippen molar-refractivity contribution in [1.29, 1.82) is 0 Å². The highest BCUT2D eigenvalue weighted by atomic mass is 16.5. The molecule has 0 radical (unpaired) electrons. The molecule has 3 fully saturated rings. The van der Waals surface area contributed by atoms with E-state index in [2.05, 4.69) is 33.8 Å². The van der Waals surface area contributed by atoms with Gasteiger partial charge in [0.2, 0.25) is 0 Å². The fraction of sp³-hybridized carbons (Fsp3) is 0.880. The molecule has 0 spiro atoms. The zero-order chi connectivity index (χ0) is 20.1. The second kappa shape index (κ2) is 7.45. The van der Waals surface area contributed by atoms with Gasteiger partial charge in [0.25, 0.3) is 0 Å². The van der Waals surface area contributed by atoms with Crippen molar-refractivity contribution in [1.82, 2.24) is 0 Å². The molecule has 4 aliphatic carbocycles. The summed E-state index contributed by atoms with van der Waals surface area (Å²) in [6.07, 6.45) is 12.8. The zero-order valence-corrected chi connectivity index (χ0v) is 18.4. The fourth-order valence-corrected chi connectivity index (χ4v) is 7.35. The standard InChI is InChI=1S/C25H40O3/c1-16(2)5-10-23(27)28-18-11-13-24(3)17(15-18)6-7-19-20-8-9-22(26)25(20,4)14-12-21(19)24/h6,16,18-22,26H,5,7-15H2,1-4H3/t18-,19-,20-,21-,22+,24-,25-/m0/s1. The average molecular weight is 389 g/mol. The van der Waals surface area contributed by atoms with Crippen LogP contribution in [-0.2, 0) is 9.53 Å². The lowest BCUT2D eigenvalue weighted by molar-refractivity contribution is -0.151. The maximum absolute atomic E-state index is 12.2. The van der Waals surface area contributed by atoms with Crippen molar-refractivity contribution < 1.29 is 14.6 Å². The van der Waals surface area contributed by atoms with E-state index in [-0.39, 0.29) is 29.0 Å². The van der Waals surface area contributed by atoms with Crippen molar-refractivity contribution in [2.24, 2.45) is 34.5 Å². The van der Waals surface area contributed by atoms with Crippen molar-refractivity contribution in [3.8, 4) is 0 Å². The summed E-state index contributed by atoms with van der Waals surface area (Å²) < 4.78 is 5.86. The highest BCUT2D eigenvalue weighted by Gasteiger charge is 2.58. The van der Waals surface area contributed by atoms with E-state index >= 15 is 0 Å². The first kappa shape index (κ1) is 20.4. The molecule has 158 valence electrons. The second-order valence-electron chi connectivity index (χ2n) is 11.2. The third-order valence-electron chi connectivity index (χ3n) is 9.23. The number of hydrogen-bond acceptors (Lipinski definition) is 3. The predicted molar refractivity (Wildman–Crippen MR) is 112 cm³/mol. The van der Waals surface area contributed by atoms with Crippen LogP contribution < -0.4 is 0 Å². The van der Waals surface area contributed by atoms with Gasteiger partial charge in [-0.15, -0.1) is 0 Å². The van der Waals surface area contributed by atoms with Gasteiger partial charge in [-0.05, 0) is 85.9 Å².